The molecule has 1 aromatic rings. The zero-order valence-corrected chi connectivity index (χ0v) is 17.5. The molecule has 3 heterocycles. The first kappa shape index (κ1) is 22.4. The predicted octanol–water partition coefficient (Wildman–Crippen LogP) is 2.61. The summed E-state index contributed by atoms with van der Waals surface area (Å²) in [5.74, 6) is 0.657. The molecule has 2 saturated heterocycles. The molecule has 1 amide bonds. The van der Waals surface area contributed by atoms with Gasteiger partial charge in [-0.2, -0.15) is 13.2 Å². The number of pyridine rings is 1. The Morgan fingerprint density at radius 2 is 1.66 bits per heavy atom. The summed E-state index contributed by atoms with van der Waals surface area (Å²) in [5, 5.41) is 0.948. The number of amides is 1. The van der Waals surface area contributed by atoms with E-state index in [9.17, 15) is 18.0 Å². The molecule has 0 unspecified atom stereocenters. The number of rotatable bonds is 4. The molecule has 29 heavy (non-hydrogen) atoms. The molecule has 1 aromatic heterocycles. The van der Waals surface area contributed by atoms with Crippen molar-refractivity contribution in [2.45, 2.75) is 12.6 Å². The molecule has 0 bridgehead atoms. The van der Waals surface area contributed by atoms with E-state index in [2.05, 4.69) is 4.98 Å². The van der Waals surface area contributed by atoms with Crippen molar-refractivity contribution in [1.29, 1.82) is 0 Å². The second kappa shape index (κ2) is 9.68. The van der Waals surface area contributed by atoms with Gasteiger partial charge >= 0.3 is 6.18 Å². The van der Waals surface area contributed by atoms with E-state index < -0.39 is 12.7 Å². The Kier molecular flexibility index (Phi) is 7.47. The fourth-order valence-electron chi connectivity index (χ4n) is 3.69. The minimum Gasteiger partial charge on any atom is -0.352 e. The highest BCUT2D eigenvalue weighted by Gasteiger charge is 2.32. The summed E-state index contributed by atoms with van der Waals surface area (Å²) >= 11 is 12.1. The van der Waals surface area contributed by atoms with E-state index in [0.717, 1.165) is 0 Å². The number of anilines is 1. The third-order valence-corrected chi connectivity index (χ3v) is 5.65. The topological polar surface area (TPSA) is 42.9 Å². The molecule has 162 valence electrons. The number of aromatic nitrogens is 1. The lowest BCUT2D eigenvalue weighted by molar-refractivity contribution is -0.145. The van der Waals surface area contributed by atoms with Crippen molar-refractivity contribution in [1.82, 2.24) is 19.7 Å². The van der Waals surface area contributed by atoms with Crippen LogP contribution in [0.1, 0.15) is 6.42 Å². The molecule has 0 N–H and O–H groups in total. The van der Waals surface area contributed by atoms with E-state index in [4.69, 9.17) is 23.2 Å². The molecule has 2 fully saturated rings. The molecule has 2 aliphatic rings. The van der Waals surface area contributed by atoms with E-state index in [0.29, 0.717) is 74.6 Å². The van der Waals surface area contributed by atoms with Gasteiger partial charge < -0.3 is 9.80 Å². The monoisotopic (exact) mass is 453 g/mol. The van der Waals surface area contributed by atoms with Crippen LogP contribution in [0, 0.1) is 0 Å². The van der Waals surface area contributed by atoms with Crippen molar-refractivity contribution in [3.63, 3.8) is 0 Å². The lowest BCUT2D eigenvalue weighted by atomic mass is 10.3. The fourth-order valence-corrected chi connectivity index (χ4v) is 4.19. The normalized spacial score (nSPS) is 20.0. The minimum absolute atomic E-state index is 0.00378. The summed E-state index contributed by atoms with van der Waals surface area (Å²) in [4.78, 5) is 24.1. The largest absolute Gasteiger partial charge is 0.401 e. The smallest absolute Gasteiger partial charge is 0.352 e. The number of halogens is 5. The molecule has 0 aromatic carbocycles. The third-order valence-electron chi connectivity index (χ3n) is 5.16. The van der Waals surface area contributed by atoms with E-state index in [1.54, 1.807) is 17.2 Å². The summed E-state index contributed by atoms with van der Waals surface area (Å²) < 4.78 is 37.7. The maximum absolute atomic E-state index is 12.7. The fraction of sp³-hybridized carbons (Fsp3) is 0.667. The van der Waals surface area contributed by atoms with Gasteiger partial charge in [-0.25, -0.2) is 4.98 Å². The van der Waals surface area contributed by atoms with Crippen LogP contribution in [0.4, 0.5) is 19.0 Å². The maximum Gasteiger partial charge on any atom is 0.401 e. The lowest BCUT2D eigenvalue weighted by Crippen LogP contribution is -2.51. The Balaban J connectivity index is 1.46. The predicted molar refractivity (Wildman–Crippen MR) is 107 cm³/mol. The van der Waals surface area contributed by atoms with Crippen molar-refractivity contribution >= 4 is 34.9 Å². The SMILES string of the molecule is O=C(CN1CCCN(CC(F)(F)F)CC1)N1CCN(c2ncc(Cl)cc2Cl)CC1. The first-order chi connectivity index (χ1) is 13.7. The van der Waals surface area contributed by atoms with Gasteiger partial charge in [-0.3, -0.25) is 14.6 Å². The van der Waals surface area contributed by atoms with E-state index >= 15 is 0 Å². The van der Waals surface area contributed by atoms with Gasteiger partial charge in [-0.1, -0.05) is 23.2 Å². The molecule has 0 atom stereocenters. The number of carbonyl (C=O) groups is 1. The number of hydrogen-bond donors (Lipinski definition) is 0. The quantitative estimate of drug-likeness (QED) is 0.700. The van der Waals surface area contributed by atoms with Crippen molar-refractivity contribution in [3.05, 3.63) is 22.3 Å². The molecule has 11 heteroatoms. The highest BCUT2D eigenvalue weighted by Crippen LogP contribution is 2.26. The number of piperazine rings is 1. The summed E-state index contributed by atoms with van der Waals surface area (Å²) in [6.07, 6.45) is -2.02. The molecule has 0 aliphatic carbocycles. The zero-order chi connectivity index (χ0) is 21.0. The Bertz CT molecular complexity index is 713. The van der Waals surface area contributed by atoms with Gasteiger partial charge in [0.05, 0.1) is 23.1 Å². The van der Waals surface area contributed by atoms with E-state index in [1.165, 1.54) is 4.90 Å². The van der Waals surface area contributed by atoms with Crippen molar-refractivity contribution in [2.24, 2.45) is 0 Å². The summed E-state index contributed by atoms with van der Waals surface area (Å²) in [5.41, 5.74) is 0. The number of nitrogens with zero attached hydrogens (tertiary/aromatic N) is 5. The number of carbonyl (C=O) groups excluding carboxylic acids is 1. The van der Waals surface area contributed by atoms with Crippen LogP contribution in [0.2, 0.25) is 10.0 Å². The van der Waals surface area contributed by atoms with Crippen LogP contribution in [-0.2, 0) is 4.79 Å². The maximum atomic E-state index is 12.7. The van der Waals surface area contributed by atoms with Crippen molar-refractivity contribution in [3.8, 4) is 0 Å². The van der Waals surface area contributed by atoms with Crippen LogP contribution < -0.4 is 4.90 Å². The molecule has 6 nitrogen and oxygen atoms in total. The van der Waals surface area contributed by atoms with Gasteiger partial charge in [-0.15, -0.1) is 0 Å². The van der Waals surface area contributed by atoms with Crippen LogP contribution >= 0.6 is 23.2 Å². The summed E-state index contributed by atoms with van der Waals surface area (Å²) in [7, 11) is 0. The van der Waals surface area contributed by atoms with E-state index in [-0.39, 0.29) is 12.5 Å². The van der Waals surface area contributed by atoms with Crippen molar-refractivity contribution in [2.75, 3.05) is 70.3 Å². The standard InChI is InChI=1S/C18H24Cl2F3N5O/c19-14-10-15(20)17(24-11-14)28-8-6-27(7-9-28)16(29)12-25-2-1-3-26(5-4-25)13-18(21,22)23/h10-11H,1-9,12-13H2. The average molecular weight is 454 g/mol. The molecular weight excluding hydrogens is 430 g/mol. The van der Waals surface area contributed by atoms with Gasteiger partial charge in [0.1, 0.15) is 5.82 Å². The van der Waals surface area contributed by atoms with Gasteiger partial charge in [0.15, 0.2) is 0 Å². The molecule has 0 radical (unpaired) electrons. The zero-order valence-electron chi connectivity index (χ0n) is 16.0. The van der Waals surface area contributed by atoms with Crippen molar-refractivity contribution < 1.29 is 18.0 Å². The van der Waals surface area contributed by atoms with Gasteiger partial charge in [0.2, 0.25) is 5.91 Å². The Morgan fingerprint density at radius 3 is 2.31 bits per heavy atom. The van der Waals surface area contributed by atoms with Crippen LogP contribution in [0.25, 0.3) is 0 Å². The average Bonchev–Trinajstić information content (AvgIpc) is 2.85. The number of alkyl halides is 3. The second-order valence-electron chi connectivity index (χ2n) is 7.35. The van der Waals surface area contributed by atoms with Crippen LogP contribution in [0.5, 0.6) is 0 Å². The summed E-state index contributed by atoms with van der Waals surface area (Å²) in [6.45, 7) is 3.48. The molecule has 0 saturated carbocycles. The summed E-state index contributed by atoms with van der Waals surface area (Å²) in [6, 6.07) is 1.64. The van der Waals surface area contributed by atoms with E-state index in [1.807, 2.05) is 9.80 Å². The highest BCUT2D eigenvalue weighted by molar-refractivity contribution is 6.36. The Labute approximate surface area is 178 Å². The van der Waals surface area contributed by atoms with Crippen LogP contribution in [-0.4, -0.2) is 97.2 Å². The highest BCUT2D eigenvalue weighted by atomic mass is 35.5. The van der Waals surface area contributed by atoms with Gasteiger partial charge in [0.25, 0.3) is 0 Å². The third kappa shape index (κ3) is 6.60. The Hall–Kier alpha value is -1.29. The molecule has 3 rings (SSSR count). The van der Waals surface area contributed by atoms with Gasteiger partial charge in [0, 0.05) is 45.5 Å². The molecule has 0 spiro atoms. The second-order valence-corrected chi connectivity index (χ2v) is 8.19. The first-order valence-corrected chi connectivity index (χ1v) is 10.3. The van der Waals surface area contributed by atoms with Crippen LogP contribution in [0.15, 0.2) is 12.3 Å². The lowest BCUT2D eigenvalue weighted by Gasteiger charge is -2.36. The Morgan fingerprint density at radius 1 is 1.00 bits per heavy atom. The first-order valence-electron chi connectivity index (χ1n) is 9.56. The van der Waals surface area contributed by atoms with Gasteiger partial charge in [-0.05, 0) is 25.6 Å². The van der Waals surface area contributed by atoms with Crippen LogP contribution in [0.3, 0.4) is 0 Å². The molecule has 2 aliphatic heterocycles. The number of hydrogen-bond acceptors (Lipinski definition) is 5. The minimum atomic E-state index is -4.19. The molecular formula is C18H24Cl2F3N5O.